The molecule has 4 rings (SSSR count). The van der Waals surface area contributed by atoms with Crippen molar-refractivity contribution in [3.05, 3.63) is 84.7 Å². The third-order valence-corrected chi connectivity index (χ3v) is 6.65. The summed E-state index contributed by atoms with van der Waals surface area (Å²) >= 11 is 24.8. The van der Waals surface area contributed by atoms with Gasteiger partial charge in [-0.05, 0) is 48.7 Å². The van der Waals surface area contributed by atoms with Gasteiger partial charge in [0.25, 0.3) is 0 Å². The predicted molar refractivity (Wildman–Crippen MR) is 121 cm³/mol. The van der Waals surface area contributed by atoms with Crippen molar-refractivity contribution in [2.75, 3.05) is 4.90 Å². The summed E-state index contributed by atoms with van der Waals surface area (Å²) in [6.07, 6.45) is 1.71. The first-order valence-electron chi connectivity index (χ1n) is 9.19. The second-order valence-corrected chi connectivity index (χ2v) is 8.74. The van der Waals surface area contributed by atoms with E-state index < -0.39 is 5.92 Å². The molecule has 2 N–H and O–H groups in total. The van der Waals surface area contributed by atoms with Crippen LogP contribution in [0.2, 0.25) is 20.1 Å². The number of carbonyl (C=O) groups excluding carboxylic acids is 1. The lowest BCUT2D eigenvalue weighted by atomic mass is 9.75. The van der Waals surface area contributed by atoms with E-state index in [0.29, 0.717) is 56.2 Å². The minimum Gasteiger partial charge on any atom is -0.384 e. The van der Waals surface area contributed by atoms with Crippen LogP contribution >= 0.6 is 46.4 Å². The second kappa shape index (κ2) is 8.17. The van der Waals surface area contributed by atoms with E-state index >= 15 is 0 Å². The molecule has 0 saturated heterocycles. The molecule has 1 atom stereocenters. The van der Waals surface area contributed by atoms with Gasteiger partial charge in [-0.1, -0.05) is 52.5 Å². The number of rotatable bonds is 2. The molecular weight excluding hydrogens is 464 g/mol. The number of halogens is 4. The first kappa shape index (κ1) is 21.1. The predicted octanol–water partition coefficient (Wildman–Crippen LogP) is 6.60. The monoisotopic (exact) mass is 477 g/mol. The highest BCUT2D eigenvalue weighted by Gasteiger charge is 2.41. The van der Waals surface area contributed by atoms with Crippen LogP contribution < -0.4 is 10.6 Å². The first-order chi connectivity index (χ1) is 14.3. The molecule has 1 aliphatic heterocycles. The average Bonchev–Trinajstić information content (AvgIpc) is 2.70. The van der Waals surface area contributed by atoms with Crippen molar-refractivity contribution in [2.24, 2.45) is 5.73 Å². The zero-order chi connectivity index (χ0) is 21.6. The average molecular weight is 479 g/mol. The normalized spacial score (nSPS) is 19.1. The summed E-state index contributed by atoms with van der Waals surface area (Å²) in [6, 6.07) is 12.3. The van der Waals surface area contributed by atoms with Gasteiger partial charge in [0.1, 0.15) is 5.82 Å². The van der Waals surface area contributed by atoms with E-state index in [1.54, 1.807) is 41.3 Å². The van der Waals surface area contributed by atoms with E-state index in [1.165, 1.54) is 0 Å². The Morgan fingerprint density at radius 3 is 2.43 bits per heavy atom. The zero-order valence-corrected chi connectivity index (χ0v) is 18.6. The van der Waals surface area contributed by atoms with Gasteiger partial charge in [0, 0.05) is 33.4 Å². The number of nitriles is 1. The number of ketones is 1. The van der Waals surface area contributed by atoms with Crippen molar-refractivity contribution >= 4 is 57.9 Å². The Bertz CT molecular complexity index is 1180. The lowest BCUT2D eigenvalue weighted by Gasteiger charge is -2.40. The van der Waals surface area contributed by atoms with Gasteiger partial charge in [0.2, 0.25) is 0 Å². The minimum absolute atomic E-state index is 0.0300. The van der Waals surface area contributed by atoms with Crippen LogP contribution in [-0.2, 0) is 4.79 Å². The maximum Gasteiger partial charge on any atom is 0.161 e. The summed E-state index contributed by atoms with van der Waals surface area (Å²) in [7, 11) is 0. The highest BCUT2D eigenvalue weighted by atomic mass is 35.5. The molecule has 0 unspecified atom stereocenters. The standard InChI is InChI=1S/C22H15Cl4N3O/c23-11-4-6-13(16(25)8-11)20-14(10-27)22(28)29(12-5-7-15(24)17(26)9-12)18-2-1-3-19(30)21(18)20/h4-9,20H,1-3,28H2/t20-/m1/s1. The largest absolute Gasteiger partial charge is 0.384 e. The molecule has 0 fully saturated rings. The number of anilines is 1. The van der Waals surface area contributed by atoms with Crippen LogP contribution in [0.3, 0.4) is 0 Å². The van der Waals surface area contributed by atoms with Crippen LogP contribution in [0.4, 0.5) is 5.69 Å². The fourth-order valence-electron chi connectivity index (χ4n) is 4.05. The highest BCUT2D eigenvalue weighted by Crippen LogP contribution is 2.48. The molecule has 30 heavy (non-hydrogen) atoms. The van der Waals surface area contributed by atoms with Crippen LogP contribution in [0.15, 0.2) is 59.1 Å². The van der Waals surface area contributed by atoms with E-state index in [0.717, 1.165) is 5.70 Å². The molecular formula is C22H15Cl4N3O. The lowest BCUT2D eigenvalue weighted by molar-refractivity contribution is -0.116. The Morgan fingerprint density at radius 2 is 1.77 bits per heavy atom. The number of benzene rings is 2. The number of nitrogens with zero attached hydrogens (tertiary/aromatic N) is 2. The molecule has 8 heteroatoms. The van der Waals surface area contributed by atoms with Crippen molar-refractivity contribution in [2.45, 2.75) is 25.2 Å². The molecule has 2 aromatic carbocycles. The van der Waals surface area contributed by atoms with Gasteiger partial charge < -0.3 is 5.73 Å². The van der Waals surface area contributed by atoms with Crippen LogP contribution in [-0.4, -0.2) is 5.78 Å². The molecule has 2 aliphatic rings. The number of Topliss-reactive ketones (excluding diaryl/α,β-unsaturated/α-hetero) is 1. The molecule has 1 aliphatic carbocycles. The summed E-state index contributed by atoms with van der Waals surface area (Å²) in [6.45, 7) is 0. The Morgan fingerprint density at radius 1 is 1.00 bits per heavy atom. The number of carbonyl (C=O) groups is 1. The topological polar surface area (TPSA) is 70.1 Å². The Labute approximate surface area is 194 Å². The fourth-order valence-corrected chi connectivity index (χ4v) is 4.86. The number of nitrogens with two attached hydrogens (primary N) is 1. The number of hydrogen-bond donors (Lipinski definition) is 1. The summed E-state index contributed by atoms with van der Waals surface area (Å²) in [5.41, 5.74) is 9.29. The van der Waals surface area contributed by atoms with Gasteiger partial charge >= 0.3 is 0 Å². The van der Waals surface area contributed by atoms with Gasteiger partial charge in [-0.25, -0.2) is 0 Å². The molecule has 2 aromatic rings. The van der Waals surface area contributed by atoms with E-state index in [4.69, 9.17) is 52.1 Å². The quantitative estimate of drug-likeness (QED) is 0.527. The summed E-state index contributed by atoms with van der Waals surface area (Å²) in [5.74, 6) is -0.445. The van der Waals surface area contributed by atoms with Gasteiger partial charge in [0.05, 0.1) is 27.6 Å². The van der Waals surface area contributed by atoms with E-state index in [-0.39, 0.29) is 17.2 Å². The first-order valence-corrected chi connectivity index (χ1v) is 10.7. The van der Waals surface area contributed by atoms with Gasteiger partial charge in [-0.2, -0.15) is 5.26 Å². The van der Waals surface area contributed by atoms with Gasteiger partial charge in [-0.15, -0.1) is 0 Å². The van der Waals surface area contributed by atoms with Crippen molar-refractivity contribution in [3.8, 4) is 6.07 Å². The summed E-state index contributed by atoms with van der Waals surface area (Å²) in [5, 5.41) is 11.6. The smallest absolute Gasteiger partial charge is 0.161 e. The fraction of sp³-hybridized carbons (Fsp3) is 0.182. The zero-order valence-electron chi connectivity index (χ0n) is 15.6. The van der Waals surface area contributed by atoms with Crippen LogP contribution in [0.5, 0.6) is 0 Å². The number of allylic oxidation sites excluding steroid dienone is 3. The van der Waals surface area contributed by atoms with Gasteiger partial charge in [0.15, 0.2) is 5.78 Å². The van der Waals surface area contributed by atoms with E-state index in [9.17, 15) is 10.1 Å². The van der Waals surface area contributed by atoms with E-state index in [1.807, 2.05) is 0 Å². The molecule has 0 saturated carbocycles. The summed E-state index contributed by atoms with van der Waals surface area (Å²) < 4.78 is 0. The third-order valence-electron chi connectivity index (χ3n) is 5.35. The Hall–Kier alpha value is -2.16. The lowest BCUT2D eigenvalue weighted by Crippen LogP contribution is -2.38. The van der Waals surface area contributed by atoms with Gasteiger partial charge in [-0.3, -0.25) is 9.69 Å². The van der Waals surface area contributed by atoms with Crippen molar-refractivity contribution in [3.63, 3.8) is 0 Å². The summed E-state index contributed by atoms with van der Waals surface area (Å²) in [4.78, 5) is 14.8. The maximum atomic E-state index is 13.1. The number of hydrogen-bond acceptors (Lipinski definition) is 4. The second-order valence-electron chi connectivity index (χ2n) is 7.08. The van der Waals surface area contributed by atoms with Crippen molar-refractivity contribution < 1.29 is 4.79 Å². The molecule has 0 radical (unpaired) electrons. The van der Waals surface area contributed by atoms with E-state index in [2.05, 4.69) is 6.07 Å². The van der Waals surface area contributed by atoms with Crippen LogP contribution in [0.25, 0.3) is 0 Å². The van der Waals surface area contributed by atoms with Crippen LogP contribution in [0.1, 0.15) is 30.7 Å². The Balaban J connectivity index is 1.99. The molecule has 152 valence electrons. The SMILES string of the molecule is N#CC1=C(N)N(c2ccc(Cl)c(Cl)c2)C2=C(C(=O)CCC2)[C@@H]1c1ccc(Cl)cc1Cl. The van der Waals surface area contributed by atoms with Crippen molar-refractivity contribution in [1.82, 2.24) is 0 Å². The Kier molecular flexibility index (Phi) is 5.74. The molecule has 0 bridgehead atoms. The minimum atomic E-state index is -0.651. The molecule has 1 heterocycles. The third kappa shape index (κ3) is 3.46. The highest BCUT2D eigenvalue weighted by molar-refractivity contribution is 6.42. The molecule has 0 spiro atoms. The van der Waals surface area contributed by atoms with Crippen molar-refractivity contribution in [1.29, 1.82) is 5.26 Å². The molecule has 4 nitrogen and oxygen atoms in total. The van der Waals surface area contributed by atoms with Crippen LogP contribution in [0, 0.1) is 11.3 Å². The molecule has 0 amide bonds. The maximum absolute atomic E-state index is 13.1. The molecule has 0 aromatic heterocycles.